The number of carbonyl (C=O) groups excluding carboxylic acids is 2. The molecule has 10 heteroatoms. The number of amides is 2. The molecule has 0 radical (unpaired) electrons. The van der Waals surface area contributed by atoms with Crippen molar-refractivity contribution < 1.29 is 34.2 Å². The van der Waals surface area contributed by atoms with Crippen molar-refractivity contribution in [3.05, 3.63) is 80.7 Å². The molecule has 2 aromatic carbocycles. The van der Waals surface area contributed by atoms with Gasteiger partial charge in [0, 0.05) is 18.1 Å². The predicted octanol–water partition coefficient (Wildman–Crippen LogP) is 4.51. The summed E-state index contributed by atoms with van der Waals surface area (Å²) < 4.78 is 13.7. The van der Waals surface area contributed by atoms with Crippen molar-refractivity contribution >= 4 is 29.3 Å². The molecular formula is C29H31FN2O7. The monoisotopic (exact) mass is 538 g/mol. The van der Waals surface area contributed by atoms with E-state index < -0.39 is 58.8 Å². The first-order chi connectivity index (χ1) is 18.6. The second-order valence-electron chi connectivity index (χ2n) is 10.1. The largest absolute Gasteiger partial charge is 0.505 e. The van der Waals surface area contributed by atoms with Crippen LogP contribution in [0.4, 0.5) is 15.8 Å². The molecule has 2 amide bonds. The molecule has 2 aromatic rings. The van der Waals surface area contributed by atoms with E-state index in [0.717, 1.165) is 16.0 Å². The summed E-state index contributed by atoms with van der Waals surface area (Å²) in [5.41, 5.74) is 2.64. The number of anilines is 1. The maximum Gasteiger partial charge on any atom is 0.271 e. The fourth-order valence-corrected chi connectivity index (χ4v) is 5.79. The maximum atomic E-state index is 13.7. The number of non-ortho nitro benzene ring substituents is 1. The number of hydrogen-bond donors (Lipinski definition) is 3. The van der Waals surface area contributed by atoms with Crippen LogP contribution in [0.1, 0.15) is 45.1 Å². The third-order valence-corrected chi connectivity index (χ3v) is 7.72. The number of allylic oxidation sites excluding steroid dienone is 2. The van der Waals surface area contributed by atoms with Gasteiger partial charge < -0.3 is 15.3 Å². The number of aliphatic hydroxyl groups excluding tert-OH is 2. The molecular weight excluding hydrogens is 507 g/mol. The Hall–Kier alpha value is -3.89. The van der Waals surface area contributed by atoms with E-state index >= 15 is 0 Å². The number of phenolic OH excluding ortho intramolecular Hbond substituents is 1. The van der Waals surface area contributed by atoms with Crippen molar-refractivity contribution in [2.45, 2.75) is 45.6 Å². The van der Waals surface area contributed by atoms with Crippen LogP contribution in [-0.4, -0.2) is 44.8 Å². The highest BCUT2D eigenvalue weighted by Crippen LogP contribution is 2.47. The fourth-order valence-electron chi connectivity index (χ4n) is 5.79. The number of benzene rings is 2. The van der Waals surface area contributed by atoms with Crippen molar-refractivity contribution in [3.63, 3.8) is 0 Å². The highest BCUT2D eigenvalue weighted by molar-refractivity contribution is 6.22. The minimum absolute atomic E-state index is 0.105. The van der Waals surface area contributed by atoms with Crippen LogP contribution in [0.3, 0.4) is 0 Å². The number of halogens is 1. The van der Waals surface area contributed by atoms with Crippen LogP contribution in [0, 0.1) is 33.7 Å². The van der Waals surface area contributed by atoms with Gasteiger partial charge >= 0.3 is 0 Å². The molecule has 0 spiro atoms. The maximum absolute atomic E-state index is 13.7. The molecule has 3 N–H and O–H groups in total. The molecule has 0 aromatic heterocycles. The van der Waals surface area contributed by atoms with Crippen LogP contribution in [0.15, 0.2) is 59.2 Å². The lowest BCUT2D eigenvalue weighted by Crippen LogP contribution is -2.38. The quantitative estimate of drug-likeness (QED) is 0.185. The van der Waals surface area contributed by atoms with Gasteiger partial charge in [0.25, 0.3) is 5.69 Å². The Bertz CT molecular complexity index is 1370. The third kappa shape index (κ3) is 5.48. The molecule has 1 saturated heterocycles. The Balaban J connectivity index is 1.55. The molecule has 1 aliphatic heterocycles. The molecule has 0 saturated carbocycles. The first-order valence-corrected chi connectivity index (χ1v) is 12.9. The van der Waals surface area contributed by atoms with Gasteiger partial charge in [0.05, 0.1) is 35.2 Å². The average molecular weight is 539 g/mol. The Morgan fingerprint density at radius 1 is 1.23 bits per heavy atom. The lowest BCUT2D eigenvalue weighted by atomic mass is 9.68. The van der Waals surface area contributed by atoms with Gasteiger partial charge in [-0.2, -0.15) is 0 Å². The summed E-state index contributed by atoms with van der Waals surface area (Å²) in [7, 11) is 0. The summed E-state index contributed by atoms with van der Waals surface area (Å²) in [6.45, 7) is 3.27. The zero-order chi connectivity index (χ0) is 28.4. The molecule has 39 heavy (non-hydrogen) atoms. The van der Waals surface area contributed by atoms with Gasteiger partial charge in [0.1, 0.15) is 0 Å². The van der Waals surface area contributed by atoms with Crippen LogP contribution >= 0.6 is 0 Å². The highest BCUT2D eigenvalue weighted by atomic mass is 19.1. The van der Waals surface area contributed by atoms with E-state index in [9.17, 15) is 39.4 Å². The molecule has 206 valence electrons. The summed E-state index contributed by atoms with van der Waals surface area (Å²) in [4.78, 5) is 38.4. The zero-order valence-electron chi connectivity index (χ0n) is 21.7. The lowest BCUT2D eigenvalue weighted by Gasteiger charge is -2.35. The highest BCUT2D eigenvalue weighted by Gasteiger charge is 2.55. The second kappa shape index (κ2) is 11.5. The molecule has 0 bridgehead atoms. The lowest BCUT2D eigenvalue weighted by molar-refractivity contribution is -0.384. The third-order valence-electron chi connectivity index (χ3n) is 7.72. The van der Waals surface area contributed by atoms with Crippen molar-refractivity contribution in [2.24, 2.45) is 17.8 Å². The number of nitro benzene ring substituents is 1. The van der Waals surface area contributed by atoms with Crippen LogP contribution < -0.4 is 4.90 Å². The molecule has 1 fully saturated rings. The SMILES string of the molecule is CC/C(=C\c1ccc(O)c(F)c1)CC[C@@H](O)C1=C(C)C[C@H]2C(=O)N(c3cccc([N+](=O)[O-])c3)C(=O)[C@H]2[C@H]1CO. The van der Waals surface area contributed by atoms with E-state index in [2.05, 4.69) is 0 Å². The van der Waals surface area contributed by atoms with E-state index in [1.54, 1.807) is 19.1 Å². The van der Waals surface area contributed by atoms with Crippen LogP contribution in [-0.2, 0) is 9.59 Å². The fraction of sp³-hybridized carbons (Fsp3) is 0.379. The van der Waals surface area contributed by atoms with E-state index in [1.165, 1.54) is 36.4 Å². The van der Waals surface area contributed by atoms with Crippen LogP contribution in [0.2, 0.25) is 0 Å². The van der Waals surface area contributed by atoms with E-state index in [4.69, 9.17) is 0 Å². The van der Waals surface area contributed by atoms with E-state index in [-0.39, 0.29) is 24.2 Å². The second-order valence-corrected chi connectivity index (χ2v) is 10.1. The Labute approximate surface area is 225 Å². The van der Waals surface area contributed by atoms with Crippen molar-refractivity contribution in [1.29, 1.82) is 0 Å². The van der Waals surface area contributed by atoms with Crippen molar-refractivity contribution in [1.82, 2.24) is 0 Å². The number of aromatic hydroxyl groups is 1. The molecule has 1 aliphatic carbocycles. The van der Waals surface area contributed by atoms with Crippen molar-refractivity contribution in [2.75, 3.05) is 11.5 Å². The van der Waals surface area contributed by atoms with Gasteiger partial charge in [-0.15, -0.1) is 0 Å². The number of aliphatic hydroxyl groups is 2. The van der Waals surface area contributed by atoms with E-state index in [1.807, 2.05) is 6.92 Å². The van der Waals surface area contributed by atoms with Gasteiger partial charge in [0.15, 0.2) is 11.6 Å². The number of phenols is 1. The van der Waals surface area contributed by atoms with Gasteiger partial charge in [0.2, 0.25) is 11.8 Å². The number of carbonyl (C=O) groups is 2. The number of rotatable bonds is 9. The standard InChI is InChI=1S/C29H31FN2O7/c1-3-17(12-18-8-9-24(34)23(30)13-18)7-10-25(35)26-16(2)11-21-27(22(26)15-33)29(37)31(28(21)36)19-5-4-6-20(14-19)32(38)39/h4-6,8-9,12-14,21-22,25,27,33-35H,3,7,10-11,15H2,1-2H3/b17-12+/t21-,22+,25-,27-/m1/s1. The molecule has 0 unspecified atom stereocenters. The minimum atomic E-state index is -0.982. The van der Waals surface area contributed by atoms with E-state index in [0.29, 0.717) is 24.0 Å². The van der Waals surface area contributed by atoms with Gasteiger partial charge in [-0.3, -0.25) is 19.7 Å². The molecule has 2 aliphatic rings. The van der Waals surface area contributed by atoms with Crippen LogP contribution in [0.5, 0.6) is 5.75 Å². The topological polar surface area (TPSA) is 141 Å². The summed E-state index contributed by atoms with van der Waals surface area (Å²) in [6.07, 6.45) is 2.45. The summed E-state index contributed by atoms with van der Waals surface area (Å²) in [5, 5.41) is 42.2. The average Bonchev–Trinajstić information content (AvgIpc) is 3.16. The number of nitrogens with zero attached hydrogens (tertiary/aromatic N) is 2. The van der Waals surface area contributed by atoms with Gasteiger partial charge in [-0.1, -0.05) is 36.3 Å². The Morgan fingerprint density at radius 3 is 2.62 bits per heavy atom. The molecule has 4 atom stereocenters. The smallest absolute Gasteiger partial charge is 0.271 e. The van der Waals surface area contributed by atoms with Crippen LogP contribution in [0.25, 0.3) is 6.08 Å². The number of fused-ring (bicyclic) bond motifs is 1. The number of imide groups is 1. The first kappa shape index (κ1) is 28.1. The number of nitro groups is 1. The Morgan fingerprint density at radius 2 is 1.97 bits per heavy atom. The normalized spacial score (nSPS) is 22.3. The molecule has 1 heterocycles. The summed E-state index contributed by atoms with van der Waals surface area (Å²) in [6, 6.07) is 9.42. The summed E-state index contributed by atoms with van der Waals surface area (Å²) >= 11 is 0. The molecule has 9 nitrogen and oxygen atoms in total. The minimum Gasteiger partial charge on any atom is -0.505 e. The first-order valence-electron chi connectivity index (χ1n) is 12.9. The predicted molar refractivity (Wildman–Crippen MR) is 142 cm³/mol. The summed E-state index contributed by atoms with van der Waals surface area (Å²) in [5.74, 6) is -4.59. The zero-order valence-corrected chi connectivity index (χ0v) is 21.7. The van der Waals surface area contributed by atoms with Gasteiger partial charge in [-0.25, -0.2) is 9.29 Å². The Kier molecular flexibility index (Phi) is 8.27. The number of hydrogen-bond acceptors (Lipinski definition) is 7. The van der Waals surface area contributed by atoms with Gasteiger partial charge in [-0.05, 0) is 61.9 Å². The van der Waals surface area contributed by atoms with Crippen molar-refractivity contribution in [3.8, 4) is 5.75 Å². The molecule has 4 rings (SSSR count).